The fraction of sp³-hybridized carbons (Fsp3) is 0.625. The highest BCUT2D eigenvalue weighted by Gasteiger charge is 2.08. The maximum atomic E-state index is 3.70. The Hall–Kier alpha value is 0.01000. The maximum absolute atomic E-state index is 3.70. The van der Waals surface area contributed by atoms with Crippen molar-refractivity contribution in [3.8, 4) is 0 Å². The standard InChI is InChI=1S/C16H26BrNS/c1-5-9-18-13(4)14-6-7-16(15(17)11-14)19-10-8-12(2)3/h6-7,11-13,18H,5,8-10H2,1-4H3. The van der Waals surface area contributed by atoms with Crippen LogP contribution >= 0.6 is 27.7 Å². The highest BCUT2D eigenvalue weighted by atomic mass is 79.9. The van der Waals surface area contributed by atoms with Crippen molar-refractivity contribution in [1.29, 1.82) is 0 Å². The molecule has 1 nitrogen and oxygen atoms in total. The molecule has 1 atom stereocenters. The van der Waals surface area contributed by atoms with Gasteiger partial charge in [0.2, 0.25) is 0 Å². The highest BCUT2D eigenvalue weighted by Crippen LogP contribution is 2.31. The lowest BCUT2D eigenvalue weighted by molar-refractivity contribution is 0.570. The molecule has 0 fully saturated rings. The summed E-state index contributed by atoms with van der Waals surface area (Å²) in [5.41, 5.74) is 1.36. The maximum Gasteiger partial charge on any atom is 0.0314 e. The molecule has 1 N–H and O–H groups in total. The van der Waals surface area contributed by atoms with E-state index < -0.39 is 0 Å². The molecule has 0 aromatic heterocycles. The van der Waals surface area contributed by atoms with E-state index in [1.807, 2.05) is 11.8 Å². The van der Waals surface area contributed by atoms with Crippen LogP contribution in [0.5, 0.6) is 0 Å². The number of halogens is 1. The van der Waals surface area contributed by atoms with E-state index in [0.717, 1.165) is 12.5 Å². The van der Waals surface area contributed by atoms with Crippen LogP contribution in [0.15, 0.2) is 27.6 Å². The summed E-state index contributed by atoms with van der Waals surface area (Å²) in [4.78, 5) is 1.35. The average molecular weight is 344 g/mol. The predicted molar refractivity (Wildman–Crippen MR) is 91.0 cm³/mol. The normalized spacial score (nSPS) is 12.9. The molecular formula is C16H26BrNS. The zero-order valence-corrected chi connectivity index (χ0v) is 14.9. The Labute approximate surface area is 131 Å². The van der Waals surface area contributed by atoms with Crippen molar-refractivity contribution in [1.82, 2.24) is 5.32 Å². The van der Waals surface area contributed by atoms with Gasteiger partial charge in [-0.2, -0.15) is 0 Å². The second-order valence-corrected chi connectivity index (χ2v) is 7.39. The monoisotopic (exact) mass is 343 g/mol. The Bertz CT molecular complexity index is 379. The van der Waals surface area contributed by atoms with Crippen LogP contribution in [0.2, 0.25) is 0 Å². The van der Waals surface area contributed by atoms with E-state index in [1.54, 1.807) is 0 Å². The summed E-state index contributed by atoms with van der Waals surface area (Å²) in [7, 11) is 0. The molecule has 0 amide bonds. The van der Waals surface area contributed by atoms with Gasteiger partial charge in [-0.3, -0.25) is 0 Å². The zero-order chi connectivity index (χ0) is 14.3. The van der Waals surface area contributed by atoms with Gasteiger partial charge in [0.05, 0.1) is 0 Å². The Morgan fingerprint density at radius 3 is 2.58 bits per heavy atom. The van der Waals surface area contributed by atoms with Crippen molar-refractivity contribution in [2.45, 2.75) is 51.5 Å². The van der Waals surface area contributed by atoms with E-state index in [-0.39, 0.29) is 0 Å². The van der Waals surface area contributed by atoms with Crippen molar-refractivity contribution in [2.24, 2.45) is 5.92 Å². The molecule has 0 heterocycles. The van der Waals surface area contributed by atoms with E-state index >= 15 is 0 Å². The lowest BCUT2D eigenvalue weighted by Crippen LogP contribution is -2.19. The van der Waals surface area contributed by atoms with E-state index in [2.05, 4.69) is 67.1 Å². The summed E-state index contributed by atoms with van der Waals surface area (Å²) < 4.78 is 1.23. The number of thioether (sulfide) groups is 1. The SMILES string of the molecule is CCCNC(C)c1ccc(SCCC(C)C)c(Br)c1. The molecule has 1 rings (SSSR count). The summed E-state index contributed by atoms with van der Waals surface area (Å²) in [6, 6.07) is 7.17. The van der Waals surface area contributed by atoms with Gasteiger partial charge < -0.3 is 5.32 Å². The third kappa shape index (κ3) is 6.33. The minimum Gasteiger partial charge on any atom is -0.310 e. The number of hydrogen-bond donors (Lipinski definition) is 1. The molecule has 1 aromatic rings. The van der Waals surface area contributed by atoms with E-state index in [9.17, 15) is 0 Å². The molecule has 0 aliphatic rings. The van der Waals surface area contributed by atoms with Gasteiger partial charge in [-0.25, -0.2) is 0 Å². The molecule has 0 radical (unpaired) electrons. The van der Waals surface area contributed by atoms with Gasteiger partial charge in [-0.05, 0) is 71.6 Å². The Morgan fingerprint density at radius 2 is 2.00 bits per heavy atom. The van der Waals surface area contributed by atoms with Crippen molar-refractivity contribution in [2.75, 3.05) is 12.3 Å². The zero-order valence-electron chi connectivity index (χ0n) is 12.5. The number of hydrogen-bond acceptors (Lipinski definition) is 2. The van der Waals surface area contributed by atoms with Crippen LogP contribution in [-0.4, -0.2) is 12.3 Å². The molecule has 0 bridgehead atoms. The van der Waals surface area contributed by atoms with Crippen LogP contribution in [0.4, 0.5) is 0 Å². The van der Waals surface area contributed by atoms with Gasteiger partial charge in [0.25, 0.3) is 0 Å². The van der Waals surface area contributed by atoms with Gasteiger partial charge in [-0.15, -0.1) is 11.8 Å². The molecule has 3 heteroatoms. The molecule has 1 unspecified atom stereocenters. The average Bonchev–Trinajstić information content (AvgIpc) is 2.37. The number of rotatable bonds is 8. The van der Waals surface area contributed by atoms with Crippen LogP contribution in [0.25, 0.3) is 0 Å². The highest BCUT2D eigenvalue weighted by molar-refractivity contribution is 9.10. The lowest BCUT2D eigenvalue weighted by atomic mass is 10.1. The van der Waals surface area contributed by atoms with Crippen LogP contribution in [0.1, 0.15) is 52.1 Å². The molecule has 0 spiro atoms. The molecule has 0 aliphatic carbocycles. The second-order valence-electron chi connectivity index (χ2n) is 5.40. The first-order valence-electron chi connectivity index (χ1n) is 7.20. The Balaban J connectivity index is 2.58. The van der Waals surface area contributed by atoms with Crippen molar-refractivity contribution >= 4 is 27.7 Å². The quantitative estimate of drug-likeness (QED) is 0.612. The van der Waals surface area contributed by atoms with Gasteiger partial charge >= 0.3 is 0 Å². The molecular weight excluding hydrogens is 318 g/mol. The summed E-state index contributed by atoms with van der Waals surface area (Å²) in [6.45, 7) is 10.1. The van der Waals surface area contributed by atoms with Gasteiger partial charge in [0.15, 0.2) is 0 Å². The first-order chi connectivity index (χ1) is 9.04. The lowest BCUT2D eigenvalue weighted by Gasteiger charge is -2.15. The Morgan fingerprint density at radius 1 is 1.26 bits per heavy atom. The molecule has 108 valence electrons. The number of benzene rings is 1. The fourth-order valence-corrected chi connectivity index (χ4v) is 3.70. The fourth-order valence-electron chi connectivity index (χ4n) is 1.79. The van der Waals surface area contributed by atoms with Crippen LogP contribution < -0.4 is 5.32 Å². The van der Waals surface area contributed by atoms with Crippen LogP contribution in [0, 0.1) is 5.92 Å². The third-order valence-electron chi connectivity index (χ3n) is 3.11. The van der Waals surface area contributed by atoms with Crippen molar-refractivity contribution in [3.05, 3.63) is 28.2 Å². The minimum atomic E-state index is 0.422. The summed E-state index contributed by atoms with van der Waals surface area (Å²) in [5.74, 6) is 1.98. The second kappa shape index (κ2) is 9.04. The van der Waals surface area contributed by atoms with E-state index in [4.69, 9.17) is 0 Å². The van der Waals surface area contributed by atoms with Crippen LogP contribution in [0.3, 0.4) is 0 Å². The molecule has 0 aliphatic heterocycles. The minimum absolute atomic E-state index is 0.422. The molecule has 0 saturated carbocycles. The first kappa shape index (κ1) is 17.1. The summed E-state index contributed by atoms with van der Waals surface area (Å²) >= 11 is 5.65. The smallest absolute Gasteiger partial charge is 0.0314 e. The van der Waals surface area contributed by atoms with E-state index in [1.165, 1.54) is 33.5 Å². The number of nitrogens with one attached hydrogen (secondary N) is 1. The van der Waals surface area contributed by atoms with Crippen molar-refractivity contribution < 1.29 is 0 Å². The Kier molecular flexibility index (Phi) is 8.12. The molecule has 19 heavy (non-hydrogen) atoms. The van der Waals surface area contributed by atoms with Gasteiger partial charge in [0, 0.05) is 15.4 Å². The van der Waals surface area contributed by atoms with Gasteiger partial charge in [0.1, 0.15) is 0 Å². The molecule has 0 saturated heterocycles. The van der Waals surface area contributed by atoms with E-state index in [0.29, 0.717) is 6.04 Å². The predicted octanol–water partition coefficient (Wildman–Crippen LogP) is 5.65. The first-order valence-corrected chi connectivity index (χ1v) is 8.98. The summed E-state index contributed by atoms with van der Waals surface area (Å²) in [5, 5.41) is 3.53. The van der Waals surface area contributed by atoms with Crippen molar-refractivity contribution in [3.63, 3.8) is 0 Å². The van der Waals surface area contributed by atoms with Crippen LogP contribution in [-0.2, 0) is 0 Å². The topological polar surface area (TPSA) is 12.0 Å². The third-order valence-corrected chi connectivity index (χ3v) is 5.13. The summed E-state index contributed by atoms with van der Waals surface area (Å²) in [6.07, 6.45) is 2.45. The van der Waals surface area contributed by atoms with Gasteiger partial charge in [-0.1, -0.05) is 26.8 Å². The largest absolute Gasteiger partial charge is 0.310 e. The molecule has 1 aromatic carbocycles.